The number of hydrogen-bond acceptors (Lipinski definition) is 5. The van der Waals surface area contributed by atoms with Crippen LogP contribution in [0.15, 0.2) is 11.6 Å². The summed E-state index contributed by atoms with van der Waals surface area (Å²) in [6.45, 7) is 6.71. The van der Waals surface area contributed by atoms with Gasteiger partial charge in [0.15, 0.2) is 10.8 Å². The van der Waals surface area contributed by atoms with E-state index in [1.807, 2.05) is 0 Å². The number of thiazole rings is 1. The van der Waals surface area contributed by atoms with E-state index in [2.05, 4.69) is 51.8 Å². The molecule has 2 aliphatic rings. The molecule has 2 fully saturated rings. The topological polar surface area (TPSA) is 32.6 Å². The van der Waals surface area contributed by atoms with Crippen LogP contribution in [0.25, 0.3) is 4.96 Å². The molecular formula is C15H22N4S2. The Bertz CT molecular complexity index is 631. The van der Waals surface area contributed by atoms with E-state index in [0.29, 0.717) is 11.3 Å². The van der Waals surface area contributed by atoms with E-state index >= 15 is 0 Å². The minimum absolute atomic E-state index is 0.549. The molecule has 0 amide bonds. The van der Waals surface area contributed by atoms with Gasteiger partial charge in [0.05, 0.1) is 5.69 Å². The maximum absolute atomic E-state index is 4.94. The SMILES string of the molecule is CC1SCCN(c2nc3sccn3c2CNC2CC2)C1C. The number of nitrogens with one attached hydrogen (secondary N) is 1. The number of hydrogen-bond donors (Lipinski definition) is 1. The zero-order valence-electron chi connectivity index (χ0n) is 12.6. The van der Waals surface area contributed by atoms with Crippen molar-refractivity contribution in [1.82, 2.24) is 14.7 Å². The van der Waals surface area contributed by atoms with E-state index in [4.69, 9.17) is 4.98 Å². The number of fused-ring (bicyclic) bond motifs is 1. The first-order chi connectivity index (χ1) is 10.2. The van der Waals surface area contributed by atoms with Gasteiger partial charge in [0.1, 0.15) is 0 Å². The molecule has 3 heterocycles. The van der Waals surface area contributed by atoms with Crippen molar-refractivity contribution in [2.45, 2.75) is 50.6 Å². The smallest absolute Gasteiger partial charge is 0.195 e. The minimum atomic E-state index is 0.549. The molecule has 1 aliphatic heterocycles. The first-order valence-corrected chi connectivity index (χ1v) is 9.73. The molecule has 2 atom stereocenters. The highest BCUT2D eigenvalue weighted by Crippen LogP contribution is 2.32. The van der Waals surface area contributed by atoms with Crippen molar-refractivity contribution in [3.63, 3.8) is 0 Å². The molecule has 0 spiro atoms. The molecule has 2 unspecified atom stereocenters. The Morgan fingerprint density at radius 2 is 2.24 bits per heavy atom. The normalized spacial score (nSPS) is 26.7. The highest BCUT2D eigenvalue weighted by molar-refractivity contribution is 8.00. The van der Waals surface area contributed by atoms with Crippen LogP contribution in [0, 0.1) is 0 Å². The predicted molar refractivity (Wildman–Crippen MR) is 91.7 cm³/mol. The van der Waals surface area contributed by atoms with Crippen molar-refractivity contribution in [1.29, 1.82) is 0 Å². The van der Waals surface area contributed by atoms with Crippen LogP contribution in [0.1, 0.15) is 32.4 Å². The molecule has 0 aromatic carbocycles. The van der Waals surface area contributed by atoms with Crippen LogP contribution in [-0.4, -0.2) is 39.0 Å². The molecule has 114 valence electrons. The Hall–Kier alpha value is -0.720. The third-order valence-electron chi connectivity index (χ3n) is 4.63. The summed E-state index contributed by atoms with van der Waals surface area (Å²) in [5.41, 5.74) is 1.34. The molecule has 1 saturated carbocycles. The lowest BCUT2D eigenvalue weighted by molar-refractivity contribution is 0.610. The Morgan fingerprint density at radius 3 is 3.05 bits per heavy atom. The third-order valence-corrected chi connectivity index (χ3v) is 6.73. The monoisotopic (exact) mass is 322 g/mol. The second-order valence-corrected chi connectivity index (χ2v) is 8.46. The minimum Gasteiger partial charge on any atom is -0.350 e. The second-order valence-electron chi connectivity index (χ2n) is 6.10. The van der Waals surface area contributed by atoms with E-state index < -0.39 is 0 Å². The Morgan fingerprint density at radius 1 is 1.38 bits per heavy atom. The third kappa shape index (κ3) is 2.58. The number of rotatable bonds is 4. The van der Waals surface area contributed by atoms with Gasteiger partial charge in [-0.15, -0.1) is 11.3 Å². The lowest BCUT2D eigenvalue weighted by Gasteiger charge is -2.38. The van der Waals surface area contributed by atoms with Crippen LogP contribution < -0.4 is 10.2 Å². The van der Waals surface area contributed by atoms with Gasteiger partial charge < -0.3 is 10.2 Å². The van der Waals surface area contributed by atoms with Crippen molar-refractivity contribution < 1.29 is 0 Å². The molecule has 1 N–H and O–H groups in total. The average molecular weight is 323 g/mol. The summed E-state index contributed by atoms with van der Waals surface area (Å²) in [6, 6.07) is 1.28. The first kappa shape index (κ1) is 13.9. The molecule has 2 aromatic rings. The largest absolute Gasteiger partial charge is 0.350 e. The van der Waals surface area contributed by atoms with Crippen molar-refractivity contribution in [3.05, 3.63) is 17.3 Å². The van der Waals surface area contributed by atoms with Gasteiger partial charge in [0, 0.05) is 47.8 Å². The van der Waals surface area contributed by atoms with E-state index in [9.17, 15) is 0 Å². The Kier molecular flexibility index (Phi) is 3.63. The summed E-state index contributed by atoms with van der Waals surface area (Å²) in [5, 5.41) is 6.46. The lowest BCUT2D eigenvalue weighted by Crippen LogP contribution is -2.45. The lowest BCUT2D eigenvalue weighted by atomic mass is 10.2. The fourth-order valence-corrected chi connectivity index (χ4v) is 4.80. The molecule has 4 rings (SSSR count). The Balaban J connectivity index is 1.68. The molecule has 1 aliphatic carbocycles. The zero-order valence-corrected chi connectivity index (χ0v) is 14.2. The maximum Gasteiger partial charge on any atom is 0.195 e. The summed E-state index contributed by atoms with van der Waals surface area (Å²) in [6.07, 6.45) is 4.82. The van der Waals surface area contributed by atoms with Crippen molar-refractivity contribution in [3.8, 4) is 0 Å². The van der Waals surface area contributed by atoms with Gasteiger partial charge in [0.2, 0.25) is 0 Å². The molecule has 6 heteroatoms. The van der Waals surface area contributed by atoms with Gasteiger partial charge in [-0.2, -0.15) is 11.8 Å². The van der Waals surface area contributed by atoms with E-state index in [0.717, 1.165) is 24.1 Å². The quantitative estimate of drug-likeness (QED) is 0.938. The maximum atomic E-state index is 4.94. The fourth-order valence-electron chi connectivity index (χ4n) is 2.98. The van der Waals surface area contributed by atoms with Gasteiger partial charge >= 0.3 is 0 Å². The van der Waals surface area contributed by atoms with Crippen molar-refractivity contribution in [2.75, 3.05) is 17.2 Å². The number of imidazole rings is 1. The Labute approximate surface area is 133 Å². The number of nitrogens with zero attached hydrogens (tertiary/aromatic N) is 3. The number of anilines is 1. The van der Waals surface area contributed by atoms with Gasteiger partial charge in [0.25, 0.3) is 0 Å². The van der Waals surface area contributed by atoms with Crippen molar-refractivity contribution >= 4 is 33.9 Å². The molecule has 1 saturated heterocycles. The van der Waals surface area contributed by atoms with Crippen LogP contribution in [-0.2, 0) is 6.54 Å². The molecule has 0 radical (unpaired) electrons. The molecule has 0 bridgehead atoms. The highest BCUT2D eigenvalue weighted by Gasteiger charge is 2.30. The predicted octanol–water partition coefficient (Wildman–Crippen LogP) is 2.98. The van der Waals surface area contributed by atoms with Gasteiger partial charge in [-0.05, 0) is 19.8 Å². The molecule has 2 aromatic heterocycles. The fraction of sp³-hybridized carbons (Fsp3) is 0.667. The van der Waals surface area contributed by atoms with E-state index in [1.165, 1.54) is 30.1 Å². The van der Waals surface area contributed by atoms with E-state index in [1.54, 1.807) is 11.3 Å². The summed E-state index contributed by atoms with van der Waals surface area (Å²) in [5.74, 6) is 2.40. The van der Waals surface area contributed by atoms with Gasteiger partial charge in [-0.3, -0.25) is 4.40 Å². The summed E-state index contributed by atoms with van der Waals surface area (Å²) >= 11 is 3.81. The number of aromatic nitrogens is 2. The van der Waals surface area contributed by atoms with Crippen LogP contribution in [0.5, 0.6) is 0 Å². The van der Waals surface area contributed by atoms with Gasteiger partial charge in [-0.25, -0.2) is 4.98 Å². The van der Waals surface area contributed by atoms with Crippen LogP contribution in [0.4, 0.5) is 5.82 Å². The summed E-state index contributed by atoms with van der Waals surface area (Å²) < 4.78 is 2.27. The zero-order chi connectivity index (χ0) is 14.4. The van der Waals surface area contributed by atoms with Gasteiger partial charge in [-0.1, -0.05) is 6.92 Å². The summed E-state index contributed by atoms with van der Waals surface area (Å²) in [7, 11) is 0. The van der Waals surface area contributed by atoms with Crippen LogP contribution >= 0.6 is 23.1 Å². The van der Waals surface area contributed by atoms with Crippen LogP contribution in [0.2, 0.25) is 0 Å². The highest BCUT2D eigenvalue weighted by atomic mass is 32.2. The van der Waals surface area contributed by atoms with Crippen LogP contribution in [0.3, 0.4) is 0 Å². The van der Waals surface area contributed by atoms with E-state index in [-0.39, 0.29) is 0 Å². The summed E-state index contributed by atoms with van der Waals surface area (Å²) in [4.78, 5) is 8.58. The average Bonchev–Trinajstić information content (AvgIpc) is 3.08. The first-order valence-electron chi connectivity index (χ1n) is 7.80. The second kappa shape index (κ2) is 5.48. The van der Waals surface area contributed by atoms with Crippen molar-refractivity contribution in [2.24, 2.45) is 0 Å². The number of thioether (sulfide) groups is 1. The molecule has 4 nitrogen and oxygen atoms in total. The molecular weight excluding hydrogens is 300 g/mol. The molecule has 21 heavy (non-hydrogen) atoms. The standard InChI is InChI=1S/C15H22N4S2/c1-10-11(2)20-7-5-18(10)14-13(9-16-12-3-4-12)19-6-8-21-15(19)17-14/h6,8,10-12,16H,3-5,7,9H2,1-2H3.